The number of nitrogens with one attached hydrogen (secondary N) is 1. The Balaban J connectivity index is 1.68. The molecule has 7 nitrogen and oxygen atoms in total. The standard InChI is InChI=1S/C30H33ClFN3O4S/c1-22(30(37)33-25-13-4-2-5-14-25)34(20-23-11-10-12-24(31)19-23)29(36)21-35(28-18-9-8-17-27(28)32)40(38,39)26-15-6-3-7-16-26/h3,6-12,15-19,22,25H,2,4-5,13-14,20-21H2,1H3,(H,33,37)/t22-/m1/s1. The fourth-order valence-electron chi connectivity index (χ4n) is 4.87. The molecular formula is C30H33ClFN3O4S. The topological polar surface area (TPSA) is 86.8 Å². The van der Waals surface area contributed by atoms with E-state index in [1.165, 1.54) is 35.2 Å². The minimum absolute atomic E-state index is 0.00907. The monoisotopic (exact) mass is 585 g/mol. The van der Waals surface area contributed by atoms with Gasteiger partial charge < -0.3 is 10.2 Å². The van der Waals surface area contributed by atoms with Crippen molar-refractivity contribution in [1.82, 2.24) is 10.2 Å². The van der Waals surface area contributed by atoms with Crippen LogP contribution in [0.15, 0.2) is 83.8 Å². The van der Waals surface area contributed by atoms with Crippen molar-refractivity contribution in [2.45, 2.75) is 62.6 Å². The highest BCUT2D eigenvalue weighted by molar-refractivity contribution is 7.92. The first kappa shape index (κ1) is 29.6. The first-order chi connectivity index (χ1) is 19.2. The summed E-state index contributed by atoms with van der Waals surface area (Å²) in [6, 6.07) is 18.9. The first-order valence-electron chi connectivity index (χ1n) is 13.3. The Morgan fingerprint density at radius 3 is 2.33 bits per heavy atom. The highest BCUT2D eigenvalue weighted by Gasteiger charge is 2.34. The zero-order chi connectivity index (χ0) is 28.7. The van der Waals surface area contributed by atoms with Crippen LogP contribution in [0.3, 0.4) is 0 Å². The van der Waals surface area contributed by atoms with Gasteiger partial charge in [-0.25, -0.2) is 12.8 Å². The molecule has 3 aromatic rings. The lowest BCUT2D eigenvalue weighted by Crippen LogP contribution is -2.53. The van der Waals surface area contributed by atoms with Crippen LogP contribution in [-0.4, -0.2) is 43.8 Å². The van der Waals surface area contributed by atoms with Crippen LogP contribution >= 0.6 is 11.6 Å². The van der Waals surface area contributed by atoms with Crippen LogP contribution < -0.4 is 9.62 Å². The Morgan fingerprint density at radius 2 is 1.65 bits per heavy atom. The predicted octanol–water partition coefficient (Wildman–Crippen LogP) is 5.54. The van der Waals surface area contributed by atoms with Gasteiger partial charge in [-0.15, -0.1) is 0 Å². The summed E-state index contributed by atoms with van der Waals surface area (Å²) < 4.78 is 43.1. The Bertz CT molecular complexity index is 1430. The number of carbonyl (C=O) groups is 2. The van der Waals surface area contributed by atoms with Gasteiger partial charge in [-0.05, 0) is 61.7 Å². The van der Waals surface area contributed by atoms with E-state index in [1.54, 1.807) is 49.4 Å². The Labute approximate surface area is 240 Å². The SMILES string of the molecule is C[C@H](C(=O)NC1CCCCC1)N(Cc1cccc(Cl)c1)C(=O)CN(c1ccccc1F)S(=O)(=O)c1ccccc1. The lowest BCUT2D eigenvalue weighted by molar-refractivity contribution is -0.139. The van der Waals surface area contributed by atoms with E-state index in [4.69, 9.17) is 11.6 Å². The maximum Gasteiger partial charge on any atom is 0.264 e. The summed E-state index contributed by atoms with van der Waals surface area (Å²) in [5.41, 5.74) is 0.406. The van der Waals surface area contributed by atoms with Gasteiger partial charge >= 0.3 is 0 Å². The molecule has 40 heavy (non-hydrogen) atoms. The molecule has 0 saturated heterocycles. The quantitative estimate of drug-likeness (QED) is 0.338. The number of rotatable bonds is 10. The van der Waals surface area contributed by atoms with Crippen molar-refractivity contribution in [3.8, 4) is 0 Å². The van der Waals surface area contributed by atoms with E-state index in [0.717, 1.165) is 42.5 Å². The molecule has 1 saturated carbocycles. The van der Waals surface area contributed by atoms with Crippen LogP contribution in [-0.2, 0) is 26.2 Å². The van der Waals surface area contributed by atoms with Crippen molar-refractivity contribution >= 4 is 39.1 Å². The van der Waals surface area contributed by atoms with Gasteiger partial charge in [-0.1, -0.05) is 73.3 Å². The van der Waals surface area contributed by atoms with Gasteiger partial charge in [0.15, 0.2) is 0 Å². The van der Waals surface area contributed by atoms with Gasteiger partial charge in [0, 0.05) is 17.6 Å². The van der Waals surface area contributed by atoms with E-state index >= 15 is 0 Å². The summed E-state index contributed by atoms with van der Waals surface area (Å²) in [6.45, 7) is 0.911. The van der Waals surface area contributed by atoms with Crippen LogP contribution in [0.25, 0.3) is 0 Å². The largest absolute Gasteiger partial charge is 0.352 e. The summed E-state index contributed by atoms with van der Waals surface area (Å²) in [5.74, 6) is -1.78. The van der Waals surface area contributed by atoms with E-state index in [-0.39, 0.29) is 29.1 Å². The molecule has 0 unspecified atom stereocenters. The van der Waals surface area contributed by atoms with Crippen LogP contribution in [0.5, 0.6) is 0 Å². The normalized spacial score (nSPS) is 14.8. The Hall–Kier alpha value is -3.43. The molecule has 1 N–H and O–H groups in total. The third-order valence-corrected chi connectivity index (χ3v) is 9.10. The molecule has 2 amide bonds. The van der Waals surface area contributed by atoms with Crippen molar-refractivity contribution < 1.29 is 22.4 Å². The predicted molar refractivity (Wildman–Crippen MR) is 154 cm³/mol. The summed E-state index contributed by atoms with van der Waals surface area (Å²) >= 11 is 6.18. The van der Waals surface area contributed by atoms with E-state index in [0.29, 0.717) is 10.6 Å². The van der Waals surface area contributed by atoms with E-state index < -0.39 is 34.3 Å². The molecular weight excluding hydrogens is 553 g/mol. The number of nitrogens with zero attached hydrogens (tertiary/aromatic N) is 2. The molecule has 0 spiro atoms. The van der Waals surface area contributed by atoms with Gasteiger partial charge in [0.2, 0.25) is 11.8 Å². The van der Waals surface area contributed by atoms with Crippen molar-refractivity contribution in [3.63, 3.8) is 0 Å². The van der Waals surface area contributed by atoms with Gasteiger partial charge in [-0.2, -0.15) is 0 Å². The van der Waals surface area contributed by atoms with Crippen molar-refractivity contribution in [3.05, 3.63) is 95.3 Å². The maximum atomic E-state index is 15.0. The van der Waals surface area contributed by atoms with Gasteiger partial charge in [0.05, 0.1) is 10.6 Å². The first-order valence-corrected chi connectivity index (χ1v) is 15.1. The molecule has 0 bridgehead atoms. The number of halogens is 2. The molecule has 1 aliphatic rings. The lowest BCUT2D eigenvalue weighted by atomic mass is 9.95. The summed E-state index contributed by atoms with van der Waals surface area (Å²) in [7, 11) is -4.33. The van der Waals surface area contributed by atoms with Gasteiger partial charge in [0.25, 0.3) is 10.0 Å². The smallest absolute Gasteiger partial charge is 0.264 e. The van der Waals surface area contributed by atoms with Crippen molar-refractivity contribution in [2.75, 3.05) is 10.8 Å². The molecule has 10 heteroatoms. The average molecular weight is 586 g/mol. The molecule has 1 aliphatic carbocycles. The maximum absolute atomic E-state index is 15.0. The number of hydrogen-bond donors (Lipinski definition) is 1. The summed E-state index contributed by atoms with van der Waals surface area (Å²) in [5, 5.41) is 3.51. The second-order valence-electron chi connectivity index (χ2n) is 9.95. The Morgan fingerprint density at radius 1 is 0.975 bits per heavy atom. The lowest BCUT2D eigenvalue weighted by Gasteiger charge is -2.33. The third-order valence-electron chi connectivity index (χ3n) is 7.09. The van der Waals surface area contributed by atoms with E-state index in [2.05, 4.69) is 5.32 Å². The van der Waals surface area contributed by atoms with Gasteiger partial charge in [0.1, 0.15) is 18.4 Å². The third kappa shape index (κ3) is 7.20. The molecule has 3 aromatic carbocycles. The molecule has 212 valence electrons. The fraction of sp³-hybridized carbons (Fsp3) is 0.333. The minimum atomic E-state index is -4.33. The molecule has 0 aromatic heterocycles. The number of amides is 2. The minimum Gasteiger partial charge on any atom is -0.352 e. The number of anilines is 1. The van der Waals surface area contributed by atoms with Gasteiger partial charge in [-0.3, -0.25) is 13.9 Å². The van der Waals surface area contributed by atoms with Crippen LogP contribution in [0.2, 0.25) is 5.02 Å². The van der Waals surface area contributed by atoms with Crippen molar-refractivity contribution in [2.24, 2.45) is 0 Å². The summed E-state index contributed by atoms with van der Waals surface area (Å²) in [4.78, 5) is 28.5. The number of hydrogen-bond acceptors (Lipinski definition) is 4. The Kier molecular flexibility index (Phi) is 9.81. The molecule has 1 atom stereocenters. The fourth-order valence-corrected chi connectivity index (χ4v) is 6.53. The van der Waals surface area contributed by atoms with Crippen LogP contribution in [0.4, 0.5) is 10.1 Å². The molecule has 0 aliphatic heterocycles. The number of carbonyl (C=O) groups excluding carboxylic acids is 2. The van der Waals surface area contributed by atoms with E-state index in [1.807, 2.05) is 0 Å². The average Bonchev–Trinajstić information content (AvgIpc) is 2.95. The molecule has 0 heterocycles. The number of benzene rings is 3. The second kappa shape index (κ2) is 13.3. The van der Waals surface area contributed by atoms with Crippen molar-refractivity contribution in [1.29, 1.82) is 0 Å². The molecule has 1 fully saturated rings. The molecule has 0 radical (unpaired) electrons. The number of para-hydroxylation sites is 1. The zero-order valence-corrected chi connectivity index (χ0v) is 23.9. The zero-order valence-electron chi connectivity index (χ0n) is 22.3. The molecule has 4 rings (SSSR count). The second-order valence-corrected chi connectivity index (χ2v) is 12.2. The van der Waals surface area contributed by atoms with E-state index in [9.17, 15) is 22.4 Å². The van der Waals surface area contributed by atoms with Crippen LogP contribution in [0.1, 0.15) is 44.6 Å². The summed E-state index contributed by atoms with van der Waals surface area (Å²) in [6.07, 6.45) is 4.93. The highest BCUT2D eigenvalue weighted by atomic mass is 35.5. The number of sulfonamides is 1. The highest BCUT2D eigenvalue weighted by Crippen LogP contribution is 2.27. The van der Waals surface area contributed by atoms with Crippen LogP contribution in [0, 0.1) is 5.82 Å².